The molecule has 1 N–H and O–H groups in total. The van der Waals surface area contributed by atoms with Crippen LogP contribution < -0.4 is 4.90 Å². The number of benzene rings is 2. The Balaban J connectivity index is 1.71. The third-order valence-electron chi connectivity index (χ3n) is 4.86. The maximum atomic E-state index is 13.9. The Bertz CT molecular complexity index is 880. The molecule has 0 amide bonds. The maximum Gasteiger partial charge on any atom is 0.246 e. The highest BCUT2D eigenvalue weighted by atomic mass is 32.2. The van der Waals surface area contributed by atoms with E-state index in [1.54, 1.807) is 12.1 Å². The first-order chi connectivity index (χ1) is 12.3. The first-order valence-electron chi connectivity index (χ1n) is 8.34. The topological polar surface area (TPSA) is 41.8 Å². The van der Waals surface area contributed by atoms with Crippen molar-refractivity contribution in [3.63, 3.8) is 0 Å². The SMILES string of the molecule is C[C@H](c1ccc(F)cc1)[NH+]1CCN(S(=O)(=O)c2cc(F)ccc2F)CC1. The first-order valence-corrected chi connectivity index (χ1v) is 9.78. The van der Waals surface area contributed by atoms with E-state index < -0.39 is 26.6 Å². The van der Waals surface area contributed by atoms with Gasteiger partial charge in [-0.05, 0) is 37.3 Å². The Labute approximate surface area is 150 Å². The molecule has 0 bridgehead atoms. The molecule has 26 heavy (non-hydrogen) atoms. The molecule has 2 aromatic carbocycles. The number of nitrogens with zero attached hydrogens (tertiary/aromatic N) is 1. The van der Waals surface area contributed by atoms with E-state index in [0.29, 0.717) is 19.2 Å². The lowest BCUT2D eigenvalue weighted by Gasteiger charge is -2.35. The van der Waals surface area contributed by atoms with Gasteiger partial charge in [-0.2, -0.15) is 4.31 Å². The molecule has 8 heteroatoms. The van der Waals surface area contributed by atoms with Gasteiger partial charge in [0.15, 0.2) is 0 Å². The van der Waals surface area contributed by atoms with E-state index in [2.05, 4.69) is 0 Å². The minimum Gasteiger partial charge on any atom is -0.327 e. The van der Waals surface area contributed by atoms with Crippen LogP contribution in [0.2, 0.25) is 0 Å². The molecular formula is C18H20F3N2O2S+. The lowest BCUT2D eigenvalue weighted by atomic mass is 10.1. The summed E-state index contributed by atoms with van der Waals surface area (Å²) in [6.45, 7) is 3.46. The van der Waals surface area contributed by atoms with E-state index >= 15 is 0 Å². The molecule has 4 nitrogen and oxygen atoms in total. The molecule has 2 aromatic rings. The number of halogens is 3. The van der Waals surface area contributed by atoms with Gasteiger partial charge in [0.2, 0.25) is 10.0 Å². The van der Waals surface area contributed by atoms with Gasteiger partial charge in [0, 0.05) is 5.56 Å². The van der Waals surface area contributed by atoms with Crippen molar-refractivity contribution in [1.82, 2.24) is 4.31 Å². The normalized spacial score (nSPS) is 18.0. The zero-order valence-corrected chi connectivity index (χ0v) is 15.1. The number of sulfonamides is 1. The molecule has 1 heterocycles. The Kier molecular flexibility index (Phi) is 5.36. The van der Waals surface area contributed by atoms with Crippen molar-refractivity contribution in [2.24, 2.45) is 0 Å². The van der Waals surface area contributed by atoms with Crippen LogP contribution in [-0.4, -0.2) is 38.9 Å². The Morgan fingerprint density at radius 3 is 2.15 bits per heavy atom. The summed E-state index contributed by atoms with van der Waals surface area (Å²) >= 11 is 0. The third kappa shape index (κ3) is 3.77. The highest BCUT2D eigenvalue weighted by Gasteiger charge is 2.34. The van der Waals surface area contributed by atoms with E-state index in [1.165, 1.54) is 16.4 Å². The van der Waals surface area contributed by atoms with Crippen LogP contribution in [0, 0.1) is 17.5 Å². The zero-order chi connectivity index (χ0) is 18.9. The van der Waals surface area contributed by atoms with Crippen LogP contribution in [0.15, 0.2) is 47.4 Å². The predicted molar refractivity (Wildman–Crippen MR) is 90.6 cm³/mol. The fourth-order valence-corrected chi connectivity index (χ4v) is 4.77. The molecule has 1 fully saturated rings. The second-order valence-electron chi connectivity index (χ2n) is 6.41. The minimum absolute atomic E-state index is 0.0753. The summed E-state index contributed by atoms with van der Waals surface area (Å²) in [5.74, 6) is -2.05. The molecule has 1 aliphatic rings. The van der Waals surface area contributed by atoms with Crippen molar-refractivity contribution >= 4 is 10.0 Å². The van der Waals surface area contributed by atoms with Crippen molar-refractivity contribution in [2.45, 2.75) is 17.9 Å². The molecule has 0 spiro atoms. The van der Waals surface area contributed by atoms with Gasteiger partial charge in [-0.25, -0.2) is 21.6 Å². The molecular weight excluding hydrogens is 365 g/mol. The Hall–Kier alpha value is -1.90. The molecule has 1 saturated heterocycles. The number of nitrogens with one attached hydrogen (secondary N) is 1. The van der Waals surface area contributed by atoms with Crippen LogP contribution in [0.1, 0.15) is 18.5 Å². The van der Waals surface area contributed by atoms with Crippen LogP contribution in [0.25, 0.3) is 0 Å². The van der Waals surface area contributed by atoms with Crippen molar-refractivity contribution in [1.29, 1.82) is 0 Å². The van der Waals surface area contributed by atoms with Crippen molar-refractivity contribution in [2.75, 3.05) is 26.2 Å². The minimum atomic E-state index is -4.08. The lowest BCUT2D eigenvalue weighted by molar-refractivity contribution is -0.933. The smallest absolute Gasteiger partial charge is 0.246 e. The van der Waals surface area contributed by atoms with Gasteiger partial charge in [-0.1, -0.05) is 12.1 Å². The Morgan fingerprint density at radius 1 is 0.962 bits per heavy atom. The van der Waals surface area contributed by atoms with Crippen LogP contribution in [0.3, 0.4) is 0 Å². The molecule has 0 aliphatic carbocycles. The summed E-state index contributed by atoms with van der Waals surface area (Å²) in [5.41, 5.74) is 0.967. The molecule has 0 unspecified atom stereocenters. The largest absolute Gasteiger partial charge is 0.327 e. The quantitative estimate of drug-likeness (QED) is 0.872. The average molecular weight is 385 g/mol. The van der Waals surface area contributed by atoms with Gasteiger partial charge in [0.05, 0.1) is 26.2 Å². The van der Waals surface area contributed by atoms with Crippen LogP contribution >= 0.6 is 0 Å². The lowest BCUT2D eigenvalue weighted by Crippen LogP contribution is -3.14. The van der Waals surface area contributed by atoms with Gasteiger partial charge in [0.25, 0.3) is 0 Å². The summed E-state index contributed by atoms with van der Waals surface area (Å²) < 4.78 is 66.7. The summed E-state index contributed by atoms with van der Waals surface area (Å²) in [6, 6.07) is 8.74. The zero-order valence-electron chi connectivity index (χ0n) is 14.3. The third-order valence-corrected chi connectivity index (χ3v) is 6.77. The highest BCUT2D eigenvalue weighted by Crippen LogP contribution is 2.21. The molecule has 0 aromatic heterocycles. The predicted octanol–water partition coefficient (Wildman–Crippen LogP) is 1.75. The van der Waals surface area contributed by atoms with Crippen LogP contribution in [-0.2, 0) is 10.0 Å². The van der Waals surface area contributed by atoms with Crippen molar-refractivity contribution in [3.05, 3.63) is 65.5 Å². The second kappa shape index (κ2) is 7.38. The maximum absolute atomic E-state index is 13.9. The number of hydrogen-bond donors (Lipinski definition) is 1. The number of rotatable bonds is 4. The molecule has 0 radical (unpaired) electrons. The fourth-order valence-electron chi connectivity index (χ4n) is 3.25. The molecule has 1 atom stereocenters. The van der Waals surface area contributed by atoms with Gasteiger partial charge >= 0.3 is 0 Å². The summed E-state index contributed by atoms with van der Waals surface area (Å²) in [6.07, 6.45) is 0. The Morgan fingerprint density at radius 2 is 1.54 bits per heavy atom. The van der Waals surface area contributed by atoms with Crippen molar-refractivity contribution in [3.8, 4) is 0 Å². The number of quaternary nitrogens is 1. The van der Waals surface area contributed by atoms with Crippen LogP contribution in [0.5, 0.6) is 0 Å². The van der Waals surface area contributed by atoms with Gasteiger partial charge < -0.3 is 4.90 Å². The van der Waals surface area contributed by atoms with Crippen LogP contribution in [0.4, 0.5) is 13.2 Å². The fraction of sp³-hybridized carbons (Fsp3) is 0.333. The molecule has 1 aliphatic heterocycles. The van der Waals surface area contributed by atoms with Gasteiger partial charge in [0.1, 0.15) is 28.4 Å². The standard InChI is InChI=1S/C18H19F3N2O2S/c1-13(14-2-4-15(19)5-3-14)22-8-10-23(11-9-22)26(24,25)18-12-16(20)6-7-17(18)21/h2-7,12-13H,8-11H2,1H3/p+1/t13-/m1/s1. The molecule has 0 saturated carbocycles. The van der Waals surface area contributed by atoms with Gasteiger partial charge in [-0.3, -0.25) is 0 Å². The number of hydrogen-bond acceptors (Lipinski definition) is 2. The monoisotopic (exact) mass is 385 g/mol. The van der Waals surface area contributed by atoms with E-state index in [4.69, 9.17) is 0 Å². The molecule has 140 valence electrons. The van der Waals surface area contributed by atoms with E-state index in [0.717, 1.165) is 22.6 Å². The van der Waals surface area contributed by atoms with Gasteiger partial charge in [-0.15, -0.1) is 0 Å². The highest BCUT2D eigenvalue weighted by molar-refractivity contribution is 7.89. The second-order valence-corrected chi connectivity index (χ2v) is 8.32. The van der Waals surface area contributed by atoms with E-state index in [-0.39, 0.29) is 24.9 Å². The summed E-state index contributed by atoms with van der Waals surface area (Å²) in [4.78, 5) is 0.523. The first kappa shape index (κ1) is 18.9. The van der Waals surface area contributed by atoms with E-state index in [9.17, 15) is 21.6 Å². The summed E-state index contributed by atoms with van der Waals surface area (Å²) in [5, 5.41) is 0. The average Bonchev–Trinajstić information content (AvgIpc) is 2.64. The van der Waals surface area contributed by atoms with E-state index in [1.807, 2.05) is 6.92 Å². The molecule has 3 rings (SSSR count). The van der Waals surface area contributed by atoms with Crippen molar-refractivity contribution < 1.29 is 26.5 Å². The number of piperazine rings is 1. The summed E-state index contributed by atoms with van der Waals surface area (Å²) in [7, 11) is -4.08.